The van der Waals surface area contributed by atoms with Gasteiger partial charge in [0, 0.05) is 26.2 Å². The zero-order chi connectivity index (χ0) is 12.3. The van der Waals surface area contributed by atoms with Crippen molar-refractivity contribution in [3.05, 3.63) is 29.8 Å². The number of piperazine rings is 1. The van der Waals surface area contributed by atoms with Crippen LogP contribution >= 0.6 is 0 Å². The molecule has 5 heteroatoms. The Bertz CT molecular complexity index is 408. The minimum Gasteiger partial charge on any atom is -0.508 e. The van der Waals surface area contributed by atoms with Gasteiger partial charge in [0.05, 0.1) is 0 Å². The van der Waals surface area contributed by atoms with Crippen LogP contribution in [0.2, 0.25) is 0 Å². The maximum atomic E-state index is 11.3. The largest absolute Gasteiger partial charge is 0.508 e. The van der Waals surface area contributed by atoms with E-state index in [9.17, 15) is 9.90 Å². The van der Waals surface area contributed by atoms with Gasteiger partial charge in [-0.2, -0.15) is 0 Å². The number of nitrogens with two attached hydrogens (primary N) is 1. The molecule has 0 radical (unpaired) electrons. The number of hydrogen-bond donors (Lipinski definition) is 3. The van der Waals surface area contributed by atoms with Crippen molar-refractivity contribution in [3.8, 4) is 5.75 Å². The zero-order valence-electron chi connectivity index (χ0n) is 9.60. The molecular weight excluding hydrogens is 218 g/mol. The molecule has 1 aliphatic heterocycles. The van der Waals surface area contributed by atoms with Crippen molar-refractivity contribution in [1.82, 2.24) is 10.2 Å². The first kappa shape index (κ1) is 11.9. The average molecular weight is 235 g/mol. The van der Waals surface area contributed by atoms with Crippen molar-refractivity contribution in [1.29, 1.82) is 0 Å². The van der Waals surface area contributed by atoms with Crippen molar-refractivity contribution in [2.45, 2.75) is 12.6 Å². The van der Waals surface area contributed by atoms with Gasteiger partial charge in [0.2, 0.25) is 5.91 Å². The molecule has 4 N–H and O–H groups in total. The van der Waals surface area contributed by atoms with Crippen LogP contribution in [0.3, 0.4) is 0 Å². The molecule has 1 unspecified atom stereocenters. The van der Waals surface area contributed by atoms with E-state index in [4.69, 9.17) is 5.73 Å². The fourth-order valence-corrected chi connectivity index (χ4v) is 2.11. The van der Waals surface area contributed by atoms with Gasteiger partial charge in [-0.3, -0.25) is 9.69 Å². The van der Waals surface area contributed by atoms with E-state index >= 15 is 0 Å². The standard InChI is InChI=1S/C12H17N3O2/c13-12(17)11-7-14-4-5-15(11)8-9-2-1-3-10(16)6-9/h1-3,6,11,14,16H,4-5,7-8H2,(H2,13,17). The first-order valence-electron chi connectivity index (χ1n) is 5.69. The highest BCUT2D eigenvalue weighted by Gasteiger charge is 2.26. The second kappa shape index (κ2) is 5.16. The number of primary amides is 1. The van der Waals surface area contributed by atoms with Gasteiger partial charge in [0.15, 0.2) is 0 Å². The van der Waals surface area contributed by atoms with E-state index in [1.807, 2.05) is 11.0 Å². The summed E-state index contributed by atoms with van der Waals surface area (Å²) in [6, 6.07) is 6.80. The van der Waals surface area contributed by atoms with Crippen molar-refractivity contribution in [2.75, 3.05) is 19.6 Å². The number of rotatable bonds is 3. The van der Waals surface area contributed by atoms with Crippen LogP contribution in [0.5, 0.6) is 5.75 Å². The zero-order valence-corrected chi connectivity index (χ0v) is 9.60. The fourth-order valence-electron chi connectivity index (χ4n) is 2.11. The highest BCUT2D eigenvalue weighted by atomic mass is 16.3. The quantitative estimate of drug-likeness (QED) is 0.669. The summed E-state index contributed by atoms with van der Waals surface area (Å²) in [5, 5.41) is 12.5. The van der Waals surface area contributed by atoms with Crippen LogP contribution in [0.15, 0.2) is 24.3 Å². The maximum absolute atomic E-state index is 11.3. The van der Waals surface area contributed by atoms with Gasteiger partial charge in [-0.25, -0.2) is 0 Å². The lowest BCUT2D eigenvalue weighted by molar-refractivity contribution is -0.124. The van der Waals surface area contributed by atoms with Crippen molar-refractivity contribution < 1.29 is 9.90 Å². The number of carbonyl (C=O) groups is 1. The minimum absolute atomic E-state index is 0.244. The predicted octanol–water partition coefficient (Wildman–Crippen LogP) is -0.349. The summed E-state index contributed by atoms with van der Waals surface area (Å²) in [6.07, 6.45) is 0. The molecule has 0 bridgehead atoms. The molecule has 1 amide bonds. The number of hydrogen-bond acceptors (Lipinski definition) is 4. The van der Waals surface area contributed by atoms with Crippen molar-refractivity contribution in [2.24, 2.45) is 5.73 Å². The van der Waals surface area contributed by atoms with Gasteiger partial charge in [-0.05, 0) is 17.7 Å². The van der Waals surface area contributed by atoms with Crippen LogP contribution in [-0.2, 0) is 11.3 Å². The molecule has 17 heavy (non-hydrogen) atoms. The van der Waals surface area contributed by atoms with Crippen LogP contribution in [0.25, 0.3) is 0 Å². The average Bonchev–Trinajstić information content (AvgIpc) is 2.29. The SMILES string of the molecule is NC(=O)C1CNCCN1Cc1cccc(O)c1. The Morgan fingerprint density at radius 3 is 3.12 bits per heavy atom. The van der Waals surface area contributed by atoms with Gasteiger partial charge < -0.3 is 16.2 Å². The topological polar surface area (TPSA) is 78.6 Å². The Balaban J connectivity index is 2.08. The molecule has 2 rings (SSSR count). The summed E-state index contributed by atoms with van der Waals surface area (Å²) in [7, 11) is 0. The second-order valence-corrected chi connectivity index (χ2v) is 4.26. The van der Waals surface area contributed by atoms with Gasteiger partial charge in [0.1, 0.15) is 11.8 Å². The summed E-state index contributed by atoms with van der Waals surface area (Å²) in [5.74, 6) is -0.0642. The van der Waals surface area contributed by atoms with E-state index in [2.05, 4.69) is 5.32 Å². The Hall–Kier alpha value is -1.59. The van der Waals surface area contributed by atoms with Gasteiger partial charge >= 0.3 is 0 Å². The number of aromatic hydroxyl groups is 1. The highest BCUT2D eigenvalue weighted by molar-refractivity contribution is 5.80. The van der Waals surface area contributed by atoms with Gasteiger partial charge in [-0.1, -0.05) is 12.1 Å². The molecule has 0 spiro atoms. The van der Waals surface area contributed by atoms with E-state index in [-0.39, 0.29) is 17.7 Å². The molecule has 92 valence electrons. The lowest BCUT2D eigenvalue weighted by atomic mass is 10.1. The summed E-state index contributed by atoms with van der Waals surface area (Å²) < 4.78 is 0. The molecule has 1 aromatic rings. The summed E-state index contributed by atoms with van der Waals surface area (Å²) in [6.45, 7) is 2.85. The first-order chi connectivity index (χ1) is 8.16. The molecule has 1 atom stereocenters. The van der Waals surface area contributed by atoms with E-state index in [0.29, 0.717) is 13.1 Å². The summed E-state index contributed by atoms with van der Waals surface area (Å²) in [4.78, 5) is 13.3. The Morgan fingerprint density at radius 1 is 1.59 bits per heavy atom. The van der Waals surface area contributed by atoms with Crippen LogP contribution in [0, 0.1) is 0 Å². The van der Waals surface area contributed by atoms with Gasteiger partial charge in [-0.15, -0.1) is 0 Å². The van der Waals surface area contributed by atoms with E-state index in [1.165, 1.54) is 0 Å². The molecule has 1 heterocycles. The number of amides is 1. The lowest BCUT2D eigenvalue weighted by Crippen LogP contribution is -2.56. The molecule has 0 aromatic heterocycles. The van der Waals surface area contributed by atoms with E-state index in [0.717, 1.165) is 18.7 Å². The number of nitrogens with one attached hydrogen (secondary N) is 1. The number of carbonyl (C=O) groups excluding carboxylic acids is 1. The van der Waals surface area contributed by atoms with E-state index < -0.39 is 0 Å². The van der Waals surface area contributed by atoms with Gasteiger partial charge in [0.25, 0.3) is 0 Å². The Labute approximate surface area is 100 Å². The third-order valence-electron chi connectivity index (χ3n) is 2.98. The number of phenolic OH excluding ortho intramolecular Hbond substituents is 1. The molecular formula is C12H17N3O2. The molecule has 5 nitrogen and oxygen atoms in total. The maximum Gasteiger partial charge on any atom is 0.236 e. The van der Waals surface area contributed by atoms with Crippen LogP contribution in [0.4, 0.5) is 0 Å². The number of nitrogens with zero attached hydrogens (tertiary/aromatic N) is 1. The third kappa shape index (κ3) is 2.95. The molecule has 1 aliphatic rings. The molecule has 1 saturated heterocycles. The van der Waals surface area contributed by atoms with Crippen LogP contribution < -0.4 is 11.1 Å². The first-order valence-corrected chi connectivity index (χ1v) is 5.69. The molecule has 0 aliphatic carbocycles. The van der Waals surface area contributed by atoms with Crippen LogP contribution in [-0.4, -0.2) is 41.6 Å². The highest BCUT2D eigenvalue weighted by Crippen LogP contribution is 2.15. The Morgan fingerprint density at radius 2 is 2.41 bits per heavy atom. The van der Waals surface area contributed by atoms with Crippen LogP contribution in [0.1, 0.15) is 5.56 Å². The van der Waals surface area contributed by atoms with Crippen molar-refractivity contribution >= 4 is 5.91 Å². The smallest absolute Gasteiger partial charge is 0.236 e. The van der Waals surface area contributed by atoms with E-state index in [1.54, 1.807) is 18.2 Å². The summed E-state index contributed by atoms with van der Waals surface area (Å²) in [5.41, 5.74) is 6.36. The number of phenols is 1. The predicted molar refractivity (Wildman–Crippen MR) is 64.4 cm³/mol. The minimum atomic E-state index is -0.308. The normalized spacial score (nSPS) is 21.3. The lowest BCUT2D eigenvalue weighted by Gasteiger charge is -2.34. The number of benzene rings is 1. The Kier molecular flexibility index (Phi) is 3.61. The molecule has 1 fully saturated rings. The monoisotopic (exact) mass is 235 g/mol. The second-order valence-electron chi connectivity index (χ2n) is 4.26. The molecule has 1 aromatic carbocycles. The van der Waals surface area contributed by atoms with Crippen molar-refractivity contribution in [3.63, 3.8) is 0 Å². The fraction of sp³-hybridized carbons (Fsp3) is 0.417. The summed E-state index contributed by atoms with van der Waals surface area (Å²) >= 11 is 0. The molecule has 0 saturated carbocycles. The third-order valence-corrected chi connectivity index (χ3v) is 2.98.